The molecule has 0 atom stereocenters. The summed E-state index contributed by atoms with van der Waals surface area (Å²) in [5, 5.41) is 5.91. The molecule has 0 aliphatic heterocycles. The van der Waals surface area contributed by atoms with Gasteiger partial charge < -0.3 is 10.6 Å². The van der Waals surface area contributed by atoms with Crippen molar-refractivity contribution in [1.82, 2.24) is 10.3 Å². The van der Waals surface area contributed by atoms with Crippen LogP contribution < -0.4 is 10.6 Å². The Kier molecular flexibility index (Phi) is 3.52. The van der Waals surface area contributed by atoms with E-state index in [-0.39, 0.29) is 0 Å². The highest BCUT2D eigenvalue weighted by atomic mass is 16.2. The van der Waals surface area contributed by atoms with Crippen molar-refractivity contribution in [3.63, 3.8) is 0 Å². The molecule has 1 heterocycles. The second-order valence-corrected chi connectivity index (χ2v) is 3.69. The molecular weight excluding hydrogens is 230 g/mol. The minimum absolute atomic E-state index is 0.417. The summed E-state index contributed by atoms with van der Waals surface area (Å²) in [7, 11) is 0. The molecule has 0 saturated carbocycles. The highest BCUT2D eigenvalue weighted by molar-refractivity contribution is 6.40. The lowest BCUT2D eigenvalue weighted by atomic mass is 10.2. The van der Waals surface area contributed by atoms with E-state index in [9.17, 15) is 9.59 Å². The number of likely N-dealkylation sites (N-methyl/N-ethyl adjacent to an activating group) is 1. The van der Waals surface area contributed by atoms with E-state index in [1.807, 2.05) is 18.2 Å². The maximum atomic E-state index is 11.6. The first-order valence-electron chi connectivity index (χ1n) is 5.65. The summed E-state index contributed by atoms with van der Waals surface area (Å²) in [5.41, 5.74) is 1.20. The number of benzene rings is 1. The van der Waals surface area contributed by atoms with Crippen molar-refractivity contribution in [2.24, 2.45) is 0 Å². The van der Waals surface area contributed by atoms with Crippen LogP contribution in [0.25, 0.3) is 10.9 Å². The van der Waals surface area contributed by atoms with Gasteiger partial charge in [0.15, 0.2) is 0 Å². The molecule has 5 nitrogen and oxygen atoms in total. The number of rotatable bonds is 2. The summed E-state index contributed by atoms with van der Waals surface area (Å²) in [6, 6.07) is 9.12. The molecule has 0 fully saturated rings. The van der Waals surface area contributed by atoms with Crippen LogP contribution in [0.3, 0.4) is 0 Å². The largest absolute Gasteiger partial charge is 0.348 e. The van der Waals surface area contributed by atoms with Gasteiger partial charge in [0.1, 0.15) is 0 Å². The topological polar surface area (TPSA) is 71.1 Å². The lowest BCUT2D eigenvalue weighted by molar-refractivity contribution is -0.136. The molecule has 0 unspecified atom stereocenters. The Labute approximate surface area is 104 Å². The van der Waals surface area contributed by atoms with Crippen molar-refractivity contribution < 1.29 is 9.59 Å². The Morgan fingerprint density at radius 1 is 1.17 bits per heavy atom. The Morgan fingerprint density at radius 3 is 2.72 bits per heavy atom. The zero-order valence-corrected chi connectivity index (χ0v) is 9.93. The van der Waals surface area contributed by atoms with Gasteiger partial charge in [0.2, 0.25) is 0 Å². The maximum absolute atomic E-state index is 11.6. The van der Waals surface area contributed by atoms with Gasteiger partial charge in [-0.05, 0) is 19.1 Å². The van der Waals surface area contributed by atoms with Crippen molar-refractivity contribution in [2.75, 3.05) is 11.9 Å². The molecule has 1 aromatic carbocycles. The maximum Gasteiger partial charge on any atom is 0.313 e. The van der Waals surface area contributed by atoms with E-state index in [0.29, 0.717) is 17.7 Å². The lowest BCUT2D eigenvalue weighted by Crippen LogP contribution is -2.35. The molecule has 2 aromatic rings. The summed E-state index contributed by atoms with van der Waals surface area (Å²) in [6.07, 6.45) is 1.64. The first-order valence-corrected chi connectivity index (χ1v) is 5.65. The average molecular weight is 243 g/mol. The van der Waals surface area contributed by atoms with Gasteiger partial charge in [-0.15, -0.1) is 0 Å². The highest BCUT2D eigenvalue weighted by Gasteiger charge is 2.13. The van der Waals surface area contributed by atoms with Gasteiger partial charge in [-0.3, -0.25) is 14.6 Å². The van der Waals surface area contributed by atoms with Crippen molar-refractivity contribution >= 4 is 28.4 Å². The van der Waals surface area contributed by atoms with Crippen molar-refractivity contribution in [3.05, 3.63) is 36.5 Å². The Balaban J connectivity index is 2.27. The summed E-state index contributed by atoms with van der Waals surface area (Å²) >= 11 is 0. The van der Waals surface area contributed by atoms with Gasteiger partial charge in [0, 0.05) is 18.1 Å². The number of hydrogen-bond donors (Lipinski definition) is 2. The van der Waals surface area contributed by atoms with Gasteiger partial charge in [-0.25, -0.2) is 0 Å². The van der Waals surface area contributed by atoms with Crippen LogP contribution in [0.1, 0.15) is 6.92 Å². The van der Waals surface area contributed by atoms with Gasteiger partial charge in [-0.2, -0.15) is 0 Å². The van der Waals surface area contributed by atoms with Crippen LogP contribution in [-0.2, 0) is 9.59 Å². The molecule has 0 saturated heterocycles. The molecule has 2 N–H and O–H groups in total. The van der Waals surface area contributed by atoms with Crippen molar-refractivity contribution in [3.8, 4) is 0 Å². The van der Waals surface area contributed by atoms with E-state index < -0.39 is 11.8 Å². The molecule has 2 amide bonds. The zero-order chi connectivity index (χ0) is 13.0. The quantitative estimate of drug-likeness (QED) is 0.781. The molecule has 18 heavy (non-hydrogen) atoms. The van der Waals surface area contributed by atoms with Gasteiger partial charge in [-0.1, -0.05) is 18.2 Å². The van der Waals surface area contributed by atoms with Crippen LogP contribution in [0.15, 0.2) is 36.5 Å². The Bertz CT molecular complexity index is 590. The molecular formula is C13H13N3O2. The summed E-state index contributed by atoms with van der Waals surface area (Å²) < 4.78 is 0. The number of hydrogen-bond acceptors (Lipinski definition) is 3. The van der Waals surface area contributed by atoms with Crippen LogP contribution in [0.2, 0.25) is 0 Å². The number of amides is 2. The fourth-order valence-corrected chi connectivity index (χ4v) is 1.62. The predicted molar refractivity (Wildman–Crippen MR) is 69.1 cm³/mol. The second-order valence-electron chi connectivity index (χ2n) is 3.69. The van der Waals surface area contributed by atoms with E-state index >= 15 is 0 Å². The van der Waals surface area contributed by atoms with E-state index in [1.165, 1.54) is 0 Å². The number of anilines is 1. The number of pyridine rings is 1. The molecule has 0 bridgehead atoms. The first kappa shape index (κ1) is 12.0. The van der Waals surface area contributed by atoms with Crippen LogP contribution in [0, 0.1) is 0 Å². The Morgan fingerprint density at radius 2 is 1.94 bits per heavy atom. The monoisotopic (exact) mass is 243 g/mol. The molecule has 92 valence electrons. The number of carbonyl (C=O) groups is 2. The molecule has 0 radical (unpaired) electrons. The third-order valence-corrected chi connectivity index (χ3v) is 2.42. The molecule has 5 heteroatoms. The van der Waals surface area contributed by atoms with Gasteiger partial charge in [0.25, 0.3) is 0 Å². The molecule has 2 rings (SSSR count). The molecule has 0 spiro atoms. The summed E-state index contributed by atoms with van der Waals surface area (Å²) in [5.74, 6) is -1.33. The minimum Gasteiger partial charge on any atom is -0.348 e. The number of fused-ring (bicyclic) bond motifs is 1. The average Bonchev–Trinajstić information content (AvgIpc) is 2.39. The normalized spacial score (nSPS) is 10.1. The lowest BCUT2D eigenvalue weighted by Gasteiger charge is -2.07. The van der Waals surface area contributed by atoms with E-state index in [2.05, 4.69) is 15.6 Å². The van der Waals surface area contributed by atoms with Crippen molar-refractivity contribution in [2.45, 2.75) is 6.92 Å². The zero-order valence-electron chi connectivity index (χ0n) is 9.93. The SMILES string of the molecule is CCNC(=O)C(=O)Nc1cccc2cccnc12. The van der Waals surface area contributed by atoms with E-state index in [1.54, 1.807) is 25.3 Å². The minimum atomic E-state index is -0.685. The number of para-hydroxylation sites is 1. The standard InChI is InChI=1S/C13H13N3O2/c1-2-14-12(17)13(18)16-10-7-3-5-9-6-4-8-15-11(9)10/h3-8H,2H2,1H3,(H,14,17)(H,16,18). The summed E-state index contributed by atoms with van der Waals surface area (Å²) in [4.78, 5) is 27.1. The van der Waals surface area contributed by atoms with Crippen LogP contribution in [0.5, 0.6) is 0 Å². The smallest absolute Gasteiger partial charge is 0.313 e. The number of carbonyl (C=O) groups excluding carboxylic acids is 2. The number of nitrogens with one attached hydrogen (secondary N) is 2. The number of aromatic nitrogens is 1. The van der Waals surface area contributed by atoms with E-state index in [0.717, 1.165) is 5.39 Å². The van der Waals surface area contributed by atoms with Crippen LogP contribution in [-0.4, -0.2) is 23.3 Å². The molecule has 0 aliphatic rings. The summed E-state index contributed by atoms with van der Waals surface area (Å²) in [6.45, 7) is 2.17. The molecule has 0 aliphatic carbocycles. The highest BCUT2D eigenvalue weighted by Crippen LogP contribution is 2.20. The van der Waals surface area contributed by atoms with Gasteiger partial charge in [0.05, 0.1) is 11.2 Å². The predicted octanol–water partition coefficient (Wildman–Crippen LogP) is 1.31. The first-order chi connectivity index (χ1) is 8.72. The van der Waals surface area contributed by atoms with Crippen molar-refractivity contribution in [1.29, 1.82) is 0 Å². The third kappa shape index (κ3) is 2.45. The van der Waals surface area contributed by atoms with Gasteiger partial charge >= 0.3 is 11.8 Å². The Hall–Kier alpha value is -2.43. The fraction of sp³-hybridized carbons (Fsp3) is 0.154. The molecule has 1 aromatic heterocycles. The van der Waals surface area contributed by atoms with Crippen LogP contribution in [0.4, 0.5) is 5.69 Å². The van der Waals surface area contributed by atoms with E-state index in [4.69, 9.17) is 0 Å². The van der Waals surface area contributed by atoms with Crippen LogP contribution >= 0.6 is 0 Å². The second kappa shape index (κ2) is 5.27. The third-order valence-electron chi connectivity index (χ3n) is 2.42. The number of nitrogens with zero attached hydrogens (tertiary/aromatic N) is 1. The fourth-order valence-electron chi connectivity index (χ4n) is 1.62.